The number of halogens is 1. The van der Waals surface area contributed by atoms with Crippen molar-refractivity contribution in [2.45, 2.75) is 32.7 Å². The van der Waals surface area contributed by atoms with Crippen molar-refractivity contribution >= 4 is 23.2 Å². The van der Waals surface area contributed by atoms with Gasteiger partial charge in [-0.15, -0.1) is 11.6 Å². The van der Waals surface area contributed by atoms with Gasteiger partial charge in [0.15, 0.2) is 0 Å². The molecule has 1 rings (SSSR count). The van der Waals surface area contributed by atoms with E-state index in [0.717, 1.165) is 12.8 Å². The number of alkyl halides is 1. The SMILES string of the molecule is Cc1cc(C(=O)NC(C)CCCCl)ccc1[N+](=O)[O-]. The van der Waals surface area contributed by atoms with Crippen LogP contribution in [0.1, 0.15) is 35.7 Å². The molecule has 1 amide bonds. The number of nitrogens with zero attached hydrogens (tertiary/aromatic N) is 1. The molecule has 6 heteroatoms. The molecule has 5 nitrogen and oxygen atoms in total. The number of amides is 1. The van der Waals surface area contributed by atoms with Crippen molar-refractivity contribution in [1.29, 1.82) is 0 Å². The summed E-state index contributed by atoms with van der Waals surface area (Å²) in [6.45, 7) is 3.52. The van der Waals surface area contributed by atoms with Gasteiger partial charge >= 0.3 is 0 Å². The zero-order valence-electron chi connectivity index (χ0n) is 11.0. The van der Waals surface area contributed by atoms with Crippen LogP contribution in [0.2, 0.25) is 0 Å². The predicted octanol–water partition coefficient (Wildman–Crippen LogP) is 3.04. The summed E-state index contributed by atoms with van der Waals surface area (Å²) >= 11 is 5.59. The first-order valence-corrected chi connectivity index (χ1v) is 6.61. The molecule has 0 saturated heterocycles. The number of nitro groups is 1. The van der Waals surface area contributed by atoms with Crippen LogP contribution in [0, 0.1) is 17.0 Å². The van der Waals surface area contributed by atoms with Crippen molar-refractivity contribution < 1.29 is 9.72 Å². The fourth-order valence-corrected chi connectivity index (χ4v) is 1.92. The van der Waals surface area contributed by atoms with Crippen LogP contribution in [0.15, 0.2) is 18.2 Å². The largest absolute Gasteiger partial charge is 0.350 e. The first-order chi connectivity index (χ1) is 8.95. The molecule has 0 aliphatic carbocycles. The number of rotatable bonds is 6. The molecule has 1 atom stereocenters. The highest BCUT2D eigenvalue weighted by molar-refractivity contribution is 6.17. The van der Waals surface area contributed by atoms with Gasteiger partial charge in [0.25, 0.3) is 11.6 Å². The predicted molar refractivity (Wildman–Crippen MR) is 74.7 cm³/mol. The first kappa shape index (κ1) is 15.4. The van der Waals surface area contributed by atoms with E-state index in [9.17, 15) is 14.9 Å². The van der Waals surface area contributed by atoms with Gasteiger partial charge in [-0.1, -0.05) is 0 Å². The summed E-state index contributed by atoms with van der Waals surface area (Å²) in [5.41, 5.74) is 0.929. The third-order valence-electron chi connectivity index (χ3n) is 2.80. The Balaban J connectivity index is 2.72. The Bertz CT molecular complexity index is 477. The van der Waals surface area contributed by atoms with Gasteiger partial charge in [-0.3, -0.25) is 14.9 Å². The van der Waals surface area contributed by atoms with Crippen molar-refractivity contribution in [1.82, 2.24) is 5.32 Å². The standard InChI is InChI=1S/C13H17ClN2O3/c1-9-8-11(5-6-12(9)16(18)19)13(17)15-10(2)4-3-7-14/h5-6,8,10H,3-4,7H2,1-2H3,(H,15,17). The monoisotopic (exact) mass is 284 g/mol. The maximum Gasteiger partial charge on any atom is 0.272 e. The summed E-state index contributed by atoms with van der Waals surface area (Å²) in [5.74, 6) is 0.344. The molecule has 19 heavy (non-hydrogen) atoms. The number of hydrogen-bond donors (Lipinski definition) is 1. The Kier molecular flexibility index (Phi) is 5.76. The normalized spacial score (nSPS) is 11.9. The Morgan fingerprint density at radius 1 is 1.53 bits per heavy atom. The van der Waals surface area contributed by atoms with Gasteiger partial charge in [-0.25, -0.2) is 0 Å². The lowest BCUT2D eigenvalue weighted by Crippen LogP contribution is -2.32. The lowest BCUT2D eigenvalue weighted by molar-refractivity contribution is -0.385. The number of nitro benzene ring substituents is 1. The maximum atomic E-state index is 11.9. The molecule has 0 radical (unpaired) electrons. The molecule has 1 aromatic carbocycles. The zero-order chi connectivity index (χ0) is 14.4. The van der Waals surface area contributed by atoms with Crippen molar-refractivity contribution in [2.75, 3.05) is 5.88 Å². The summed E-state index contributed by atoms with van der Waals surface area (Å²) in [4.78, 5) is 22.2. The van der Waals surface area contributed by atoms with E-state index in [1.807, 2.05) is 6.92 Å². The fraction of sp³-hybridized carbons (Fsp3) is 0.462. The van der Waals surface area contributed by atoms with Crippen molar-refractivity contribution in [3.8, 4) is 0 Å². The second-order valence-corrected chi connectivity index (χ2v) is 4.84. The number of benzene rings is 1. The highest BCUT2D eigenvalue weighted by Crippen LogP contribution is 2.18. The molecule has 1 N–H and O–H groups in total. The van der Waals surface area contributed by atoms with Gasteiger partial charge in [0, 0.05) is 29.1 Å². The number of carbonyl (C=O) groups excluding carboxylic acids is 1. The highest BCUT2D eigenvalue weighted by atomic mass is 35.5. The first-order valence-electron chi connectivity index (χ1n) is 6.07. The lowest BCUT2D eigenvalue weighted by atomic mass is 10.1. The van der Waals surface area contributed by atoms with Gasteiger partial charge in [0.1, 0.15) is 0 Å². The number of hydrogen-bond acceptors (Lipinski definition) is 3. The summed E-state index contributed by atoms with van der Waals surface area (Å²) < 4.78 is 0. The Labute approximate surface area is 117 Å². The van der Waals surface area contributed by atoms with Crippen LogP contribution in [-0.2, 0) is 0 Å². The number of nitrogens with one attached hydrogen (secondary N) is 1. The topological polar surface area (TPSA) is 72.2 Å². The summed E-state index contributed by atoms with van der Waals surface area (Å²) in [6, 6.07) is 4.38. The van der Waals surface area contributed by atoms with Gasteiger partial charge in [0.2, 0.25) is 0 Å². The smallest absolute Gasteiger partial charge is 0.272 e. The molecule has 0 heterocycles. The second-order valence-electron chi connectivity index (χ2n) is 4.46. The van der Waals surface area contributed by atoms with Gasteiger partial charge in [-0.05, 0) is 38.8 Å². The van der Waals surface area contributed by atoms with Crippen LogP contribution in [-0.4, -0.2) is 22.8 Å². The van der Waals surface area contributed by atoms with Crippen LogP contribution in [0.25, 0.3) is 0 Å². The molecular formula is C13H17ClN2O3. The minimum Gasteiger partial charge on any atom is -0.350 e. The van der Waals surface area contributed by atoms with Gasteiger partial charge in [0.05, 0.1) is 4.92 Å². The van der Waals surface area contributed by atoms with Crippen LogP contribution < -0.4 is 5.32 Å². The molecule has 0 aromatic heterocycles. The molecule has 0 spiro atoms. The van der Waals surface area contributed by atoms with Crippen LogP contribution in [0.5, 0.6) is 0 Å². The van der Waals surface area contributed by atoms with E-state index < -0.39 is 4.92 Å². The van der Waals surface area contributed by atoms with Gasteiger partial charge in [-0.2, -0.15) is 0 Å². The summed E-state index contributed by atoms with van der Waals surface area (Å²) in [6.07, 6.45) is 1.64. The molecule has 0 fully saturated rings. The average molecular weight is 285 g/mol. The third kappa shape index (κ3) is 4.52. The van der Waals surface area contributed by atoms with E-state index in [1.165, 1.54) is 18.2 Å². The average Bonchev–Trinajstić information content (AvgIpc) is 2.35. The maximum absolute atomic E-state index is 11.9. The fourth-order valence-electron chi connectivity index (χ4n) is 1.76. The molecule has 0 bridgehead atoms. The zero-order valence-corrected chi connectivity index (χ0v) is 11.7. The Morgan fingerprint density at radius 2 is 2.21 bits per heavy atom. The van der Waals surface area contributed by atoms with E-state index in [0.29, 0.717) is 17.0 Å². The van der Waals surface area contributed by atoms with E-state index in [4.69, 9.17) is 11.6 Å². The quantitative estimate of drug-likeness (QED) is 0.496. The summed E-state index contributed by atoms with van der Waals surface area (Å²) in [7, 11) is 0. The van der Waals surface area contributed by atoms with E-state index in [1.54, 1.807) is 6.92 Å². The Morgan fingerprint density at radius 3 is 2.74 bits per heavy atom. The Hall–Kier alpha value is -1.62. The van der Waals surface area contributed by atoms with Crippen molar-refractivity contribution in [3.63, 3.8) is 0 Å². The van der Waals surface area contributed by atoms with E-state index >= 15 is 0 Å². The second kappa shape index (κ2) is 7.09. The molecule has 1 unspecified atom stereocenters. The van der Waals surface area contributed by atoms with Gasteiger partial charge < -0.3 is 5.32 Å². The van der Waals surface area contributed by atoms with E-state index in [-0.39, 0.29) is 17.6 Å². The number of aryl methyl sites for hydroxylation is 1. The molecule has 0 saturated carbocycles. The van der Waals surface area contributed by atoms with Crippen molar-refractivity contribution in [3.05, 3.63) is 39.4 Å². The molecule has 0 aliphatic heterocycles. The molecule has 1 aromatic rings. The summed E-state index contributed by atoms with van der Waals surface area (Å²) in [5, 5.41) is 13.5. The molecule has 0 aliphatic rings. The molecule has 104 valence electrons. The number of carbonyl (C=O) groups is 1. The minimum atomic E-state index is -0.458. The van der Waals surface area contributed by atoms with Crippen LogP contribution in [0.3, 0.4) is 0 Å². The van der Waals surface area contributed by atoms with Crippen LogP contribution in [0.4, 0.5) is 5.69 Å². The molecular weight excluding hydrogens is 268 g/mol. The third-order valence-corrected chi connectivity index (χ3v) is 3.07. The minimum absolute atomic E-state index is 0.0201. The van der Waals surface area contributed by atoms with E-state index in [2.05, 4.69) is 5.32 Å². The highest BCUT2D eigenvalue weighted by Gasteiger charge is 2.14. The van der Waals surface area contributed by atoms with Crippen molar-refractivity contribution in [2.24, 2.45) is 0 Å². The van der Waals surface area contributed by atoms with Crippen LogP contribution >= 0.6 is 11.6 Å². The lowest BCUT2D eigenvalue weighted by Gasteiger charge is -2.13.